The van der Waals surface area contributed by atoms with Crippen LogP contribution in [-0.4, -0.2) is 21.0 Å². The number of phenols is 1. The number of thiazole rings is 1. The Morgan fingerprint density at radius 1 is 1.18 bits per heavy atom. The second kappa shape index (κ2) is 8.26. The van der Waals surface area contributed by atoms with Gasteiger partial charge in [-0.2, -0.15) is 5.10 Å². The maximum Gasteiger partial charge on any atom is 0.211 e. The van der Waals surface area contributed by atoms with Gasteiger partial charge in [-0.1, -0.05) is 0 Å². The molecule has 0 saturated heterocycles. The summed E-state index contributed by atoms with van der Waals surface area (Å²) in [5.41, 5.74) is 2.31. The highest BCUT2D eigenvalue weighted by Crippen LogP contribution is 2.33. The van der Waals surface area contributed by atoms with Crippen molar-refractivity contribution in [2.45, 2.75) is 0 Å². The lowest BCUT2D eigenvalue weighted by molar-refractivity contribution is 0.468. The fourth-order valence-electron chi connectivity index (χ4n) is 2.40. The van der Waals surface area contributed by atoms with Crippen molar-refractivity contribution in [2.75, 3.05) is 0 Å². The first-order chi connectivity index (χ1) is 13.6. The highest BCUT2D eigenvalue weighted by atomic mass is 79.9. The molecule has 0 spiro atoms. The van der Waals surface area contributed by atoms with Crippen LogP contribution in [0.25, 0.3) is 11.5 Å². The molecular weight excluding hydrogens is 508 g/mol. The van der Waals surface area contributed by atoms with Gasteiger partial charge < -0.3 is 9.52 Å². The molecule has 28 heavy (non-hydrogen) atoms. The molecule has 3 heterocycles. The summed E-state index contributed by atoms with van der Waals surface area (Å²) in [5.74, 6) is 0.831. The highest BCUT2D eigenvalue weighted by molar-refractivity contribution is 9.11. The second-order valence-electron chi connectivity index (χ2n) is 5.59. The third-order valence-electron chi connectivity index (χ3n) is 3.69. The average molecular weight is 520 g/mol. The van der Waals surface area contributed by atoms with E-state index < -0.39 is 0 Å². The molecule has 0 atom stereocenters. The number of hydrogen-bond donors (Lipinski definition) is 1. The molecule has 0 saturated carbocycles. The van der Waals surface area contributed by atoms with Crippen LogP contribution in [0.15, 0.2) is 83.9 Å². The van der Waals surface area contributed by atoms with Crippen LogP contribution in [0, 0.1) is 0 Å². The summed E-state index contributed by atoms with van der Waals surface area (Å²) in [6.45, 7) is 0. The fraction of sp³-hybridized carbons (Fsp3) is 0. The molecule has 9 heteroatoms. The number of nitrogens with zero attached hydrogens (tertiary/aromatic N) is 4. The van der Waals surface area contributed by atoms with Gasteiger partial charge in [0.05, 0.1) is 33.3 Å². The van der Waals surface area contributed by atoms with E-state index in [0.717, 1.165) is 16.9 Å². The van der Waals surface area contributed by atoms with Crippen molar-refractivity contribution in [1.29, 1.82) is 0 Å². The van der Waals surface area contributed by atoms with Gasteiger partial charge in [-0.25, -0.2) is 9.67 Å². The quantitative estimate of drug-likeness (QED) is 0.359. The predicted octanol–water partition coefficient (Wildman–Crippen LogP) is 5.55. The molecule has 0 unspecified atom stereocenters. The van der Waals surface area contributed by atoms with Crippen molar-refractivity contribution < 1.29 is 9.52 Å². The van der Waals surface area contributed by atoms with Gasteiger partial charge in [0, 0.05) is 11.6 Å². The molecule has 0 aliphatic rings. The van der Waals surface area contributed by atoms with Crippen molar-refractivity contribution >= 4 is 55.1 Å². The molecule has 1 aromatic carbocycles. The monoisotopic (exact) mass is 518 g/mol. The summed E-state index contributed by atoms with van der Waals surface area (Å²) in [7, 11) is 0. The van der Waals surface area contributed by atoms with E-state index >= 15 is 0 Å². The summed E-state index contributed by atoms with van der Waals surface area (Å²) >= 11 is 8.12. The largest absolute Gasteiger partial charge is 0.506 e. The molecule has 140 valence electrons. The minimum Gasteiger partial charge on any atom is -0.506 e. The van der Waals surface area contributed by atoms with E-state index in [0.29, 0.717) is 19.5 Å². The summed E-state index contributed by atoms with van der Waals surface area (Å²) in [6, 6.07) is 11.0. The number of aromatic hydroxyl groups is 1. The van der Waals surface area contributed by atoms with Crippen LogP contribution < -0.4 is 4.80 Å². The number of hydrogen-bond acceptors (Lipinski definition) is 6. The van der Waals surface area contributed by atoms with Crippen molar-refractivity contribution in [3.05, 3.63) is 79.7 Å². The van der Waals surface area contributed by atoms with Crippen LogP contribution >= 0.6 is 43.2 Å². The Hall–Kier alpha value is -2.49. The first kappa shape index (κ1) is 18.9. The maximum atomic E-state index is 9.89. The van der Waals surface area contributed by atoms with Crippen LogP contribution in [0.4, 0.5) is 5.69 Å². The fourth-order valence-corrected chi connectivity index (χ4v) is 4.46. The number of rotatable bonds is 4. The van der Waals surface area contributed by atoms with Crippen molar-refractivity contribution in [2.24, 2.45) is 10.1 Å². The zero-order valence-electron chi connectivity index (χ0n) is 14.2. The lowest BCUT2D eigenvalue weighted by Gasteiger charge is -2.03. The van der Waals surface area contributed by atoms with Crippen LogP contribution in [0.2, 0.25) is 0 Å². The Morgan fingerprint density at radius 3 is 2.68 bits per heavy atom. The smallest absolute Gasteiger partial charge is 0.211 e. The highest BCUT2D eigenvalue weighted by Gasteiger charge is 2.10. The third kappa shape index (κ3) is 4.01. The topological polar surface area (TPSA) is 75.9 Å². The lowest BCUT2D eigenvalue weighted by atomic mass is 10.2. The van der Waals surface area contributed by atoms with Crippen molar-refractivity contribution in [3.63, 3.8) is 0 Å². The number of furan rings is 1. The van der Waals surface area contributed by atoms with E-state index in [-0.39, 0.29) is 5.75 Å². The Balaban J connectivity index is 1.82. The van der Waals surface area contributed by atoms with E-state index in [1.54, 1.807) is 41.7 Å². The molecule has 1 N–H and O–H groups in total. The van der Waals surface area contributed by atoms with E-state index in [1.807, 2.05) is 29.6 Å². The van der Waals surface area contributed by atoms with Gasteiger partial charge in [-0.3, -0.25) is 4.98 Å². The van der Waals surface area contributed by atoms with Gasteiger partial charge in [-0.15, -0.1) is 11.3 Å². The lowest BCUT2D eigenvalue weighted by Crippen LogP contribution is -2.11. The standard InChI is InChI=1S/C19H12Br2N4O2S/c20-14-7-12(8-15(21)18(14)26)9-23-25-16(17-4-2-6-27-17)11-28-19(25)24-13-3-1-5-22-10-13/h1-11,26H. The first-order valence-corrected chi connectivity index (χ1v) is 10.5. The van der Waals surface area contributed by atoms with Gasteiger partial charge in [0.1, 0.15) is 11.4 Å². The summed E-state index contributed by atoms with van der Waals surface area (Å²) in [4.78, 5) is 9.41. The minimum absolute atomic E-state index is 0.142. The van der Waals surface area contributed by atoms with Crippen LogP contribution in [-0.2, 0) is 0 Å². The molecule has 4 aromatic rings. The van der Waals surface area contributed by atoms with E-state index in [4.69, 9.17) is 4.42 Å². The zero-order chi connectivity index (χ0) is 19.5. The second-order valence-corrected chi connectivity index (χ2v) is 8.14. The Bertz CT molecular complexity index is 1180. The molecule has 0 aliphatic carbocycles. The Kier molecular flexibility index (Phi) is 5.56. The van der Waals surface area contributed by atoms with Crippen molar-refractivity contribution in [3.8, 4) is 17.2 Å². The van der Waals surface area contributed by atoms with Gasteiger partial charge in [0.2, 0.25) is 4.80 Å². The van der Waals surface area contributed by atoms with Crippen LogP contribution in [0.3, 0.4) is 0 Å². The van der Waals surface area contributed by atoms with E-state index in [9.17, 15) is 5.11 Å². The Labute approximate surface area is 180 Å². The SMILES string of the molecule is Oc1c(Br)cc(C=Nn2c(-c3ccco3)csc2=Nc2cccnc2)cc1Br. The van der Waals surface area contributed by atoms with Gasteiger partial charge in [0.15, 0.2) is 5.76 Å². The molecule has 0 aliphatic heterocycles. The normalized spacial score (nSPS) is 12.1. The molecule has 0 radical (unpaired) electrons. The van der Waals surface area contributed by atoms with E-state index in [1.165, 1.54) is 11.3 Å². The predicted molar refractivity (Wildman–Crippen MR) is 116 cm³/mol. The number of benzene rings is 1. The number of phenolic OH excluding ortho intramolecular Hbond substituents is 1. The molecule has 0 fully saturated rings. The Morgan fingerprint density at radius 2 is 2.00 bits per heavy atom. The summed E-state index contributed by atoms with van der Waals surface area (Å²) in [5, 5.41) is 16.4. The van der Waals surface area contributed by atoms with E-state index in [2.05, 4.69) is 46.9 Å². The van der Waals surface area contributed by atoms with Crippen LogP contribution in [0.5, 0.6) is 5.75 Å². The number of halogens is 2. The zero-order valence-corrected chi connectivity index (χ0v) is 18.1. The molecule has 6 nitrogen and oxygen atoms in total. The molecule has 0 bridgehead atoms. The minimum atomic E-state index is 0.142. The third-order valence-corrected chi connectivity index (χ3v) is 5.72. The van der Waals surface area contributed by atoms with Gasteiger partial charge in [-0.05, 0) is 73.8 Å². The molecule has 4 rings (SSSR count). The molecular formula is C19H12Br2N4O2S. The van der Waals surface area contributed by atoms with Gasteiger partial charge >= 0.3 is 0 Å². The molecule has 3 aromatic heterocycles. The number of aromatic nitrogens is 2. The average Bonchev–Trinajstić information content (AvgIpc) is 3.35. The summed E-state index contributed by atoms with van der Waals surface area (Å²) in [6.07, 6.45) is 6.70. The number of pyridine rings is 1. The summed E-state index contributed by atoms with van der Waals surface area (Å²) < 4.78 is 8.40. The van der Waals surface area contributed by atoms with Gasteiger partial charge in [0.25, 0.3) is 0 Å². The van der Waals surface area contributed by atoms with Crippen LogP contribution in [0.1, 0.15) is 5.56 Å². The first-order valence-electron chi connectivity index (χ1n) is 8.03. The molecule has 0 amide bonds. The van der Waals surface area contributed by atoms with Crippen molar-refractivity contribution in [1.82, 2.24) is 9.66 Å². The maximum absolute atomic E-state index is 9.89.